The van der Waals surface area contributed by atoms with Gasteiger partial charge in [0.25, 0.3) is 0 Å². The molecular weight excluding hydrogens is 344 g/mol. The van der Waals surface area contributed by atoms with Gasteiger partial charge in [0, 0.05) is 6.54 Å². The molecule has 1 rings (SSSR count). The number of halogens is 5. The van der Waals surface area contributed by atoms with Crippen LogP contribution in [-0.2, 0) is 17.5 Å². The molecule has 0 unspecified atom stereocenters. The Morgan fingerprint density at radius 1 is 1.41 bits per heavy atom. The number of amides is 1. The van der Waals surface area contributed by atoms with Gasteiger partial charge in [-0.15, -0.1) is 12.4 Å². The SMILES string of the molecule is CSCC[C@H](N)C(=O)NCc1ccc(F)cc1C(F)(F)F.Cl. The van der Waals surface area contributed by atoms with Crippen LogP contribution in [0.15, 0.2) is 18.2 Å². The normalized spacial score (nSPS) is 12.5. The van der Waals surface area contributed by atoms with Crippen molar-refractivity contribution in [1.82, 2.24) is 5.32 Å². The Morgan fingerprint density at radius 3 is 2.59 bits per heavy atom. The highest BCUT2D eigenvalue weighted by Crippen LogP contribution is 2.32. The molecule has 22 heavy (non-hydrogen) atoms. The molecule has 0 fully saturated rings. The van der Waals surface area contributed by atoms with Crippen LogP contribution in [0.25, 0.3) is 0 Å². The third-order valence-corrected chi connectivity index (χ3v) is 3.44. The van der Waals surface area contributed by atoms with E-state index in [0.717, 1.165) is 12.1 Å². The highest BCUT2D eigenvalue weighted by atomic mass is 35.5. The maximum Gasteiger partial charge on any atom is 0.416 e. The van der Waals surface area contributed by atoms with Gasteiger partial charge >= 0.3 is 6.18 Å². The lowest BCUT2D eigenvalue weighted by atomic mass is 10.1. The van der Waals surface area contributed by atoms with E-state index in [4.69, 9.17) is 5.73 Å². The van der Waals surface area contributed by atoms with Crippen LogP contribution < -0.4 is 11.1 Å². The van der Waals surface area contributed by atoms with Gasteiger partial charge in [0.2, 0.25) is 5.91 Å². The summed E-state index contributed by atoms with van der Waals surface area (Å²) >= 11 is 1.52. The topological polar surface area (TPSA) is 55.1 Å². The summed E-state index contributed by atoms with van der Waals surface area (Å²) in [7, 11) is 0. The summed E-state index contributed by atoms with van der Waals surface area (Å²) in [6, 6.07) is 1.57. The zero-order valence-corrected chi connectivity index (χ0v) is 13.4. The van der Waals surface area contributed by atoms with Gasteiger partial charge in [-0.2, -0.15) is 24.9 Å². The van der Waals surface area contributed by atoms with Crippen LogP contribution in [0, 0.1) is 5.82 Å². The highest BCUT2D eigenvalue weighted by Gasteiger charge is 2.33. The lowest BCUT2D eigenvalue weighted by Crippen LogP contribution is -2.40. The van der Waals surface area contributed by atoms with Crippen molar-refractivity contribution in [3.05, 3.63) is 35.1 Å². The summed E-state index contributed by atoms with van der Waals surface area (Å²) < 4.78 is 51.2. The van der Waals surface area contributed by atoms with Gasteiger partial charge in [-0.25, -0.2) is 4.39 Å². The smallest absolute Gasteiger partial charge is 0.351 e. The summed E-state index contributed by atoms with van der Waals surface area (Å²) in [5.41, 5.74) is 4.31. The van der Waals surface area contributed by atoms with Crippen LogP contribution in [0.1, 0.15) is 17.5 Å². The third-order valence-electron chi connectivity index (χ3n) is 2.80. The van der Waals surface area contributed by atoms with Gasteiger partial charge in [0.1, 0.15) is 5.82 Å². The number of carbonyl (C=O) groups excluding carboxylic acids is 1. The lowest BCUT2D eigenvalue weighted by Gasteiger charge is -2.15. The quantitative estimate of drug-likeness (QED) is 0.767. The Hall–Kier alpha value is -0.990. The summed E-state index contributed by atoms with van der Waals surface area (Å²) in [5, 5.41) is 2.34. The number of rotatable bonds is 6. The molecule has 9 heteroatoms. The Kier molecular flexibility index (Phi) is 8.80. The van der Waals surface area contributed by atoms with E-state index in [2.05, 4.69) is 5.32 Å². The minimum absolute atomic E-state index is 0. The van der Waals surface area contributed by atoms with Gasteiger partial charge in [0.15, 0.2) is 0 Å². The number of hydrogen-bond donors (Lipinski definition) is 2. The van der Waals surface area contributed by atoms with Gasteiger partial charge in [-0.05, 0) is 36.1 Å². The molecule has 3 nitrogen and oxygen atoms in total. The average molecular weight is 361 g/mol. The van der Waals surface area contributed by atoms with E-state index in [1.54, 1.807) is 0 Å². The summed E-state index contributed by atoms with van der Waals surface area (Å²) in [4.78, 5) is 11.6. The number of thioether (sulfide) groups is 1. The van der Waals surface area contributed by atoms with Crippen molar-refractivity contribution < 1.29 is 22.4 Å². The van der Waals surface area contributed by atoms with Crippen molar-refractivity contribution >= 4 is 30.1 Å². The Labute approximate surface area is 136 Å². The van der Waals surface area contributed by atoms with Crippen LogP contribution in [0.5, 0.6) is 0 Å². The van der Waals surface area contributed by atoms with Crippen LogP contribution >= 0.6 is 24.2 Å². The van der Waals surface area contributed by atoms with E-state index in [-0.39, 0.29) is 24.5 Å². The highest BCUT2D eigenvalue weighted by molar-refractivity contribution is 7.98. The molecule has 0 saturated heterocycles. The molecule has 1 aromatic rings. The van der Waals surface area contributed by atoms with E-state index in [1.165, 1.54) is 11.8 Å². The maximum atomic E-state index is 12.9. The zero-order chi connectivity index (χ0) is 16.0. The predicted molar refractivity (Wildman–Crippen MR) is 81.5 cm³/mol. The Balaban J connectivity index is 0.00000441. The fourth-order valence-electron chi connectivity index (χ4n) is 1.66. The van der Waals surface area contributed by atoms with Gasteiger partial charge in [0.05, 0.1) is 11.6 Å². The standard InChI is InChI=1S/C13H16F4N2OS.ClH/c1-21-5-4-11(18)12(20)19-7-8-2-3-9(14)6-10(8)13(15,16)17;/h2-3,6,11H,4-5,7,18H2,1H3,(H,19,20);1H/t11-;/m0./s1. The molecule has 3 N–H and O–H groups in total. The summed E-state index contributed by atoms with van der Waals surface area (Å²) in [6.45, 7) is -0.346. The summed E-state index contributed by atoms with van der Waals surface area (Å²) in [5.74, 6) is -0.825. The van der Waals surface area contributed by atoms with E-state index in [0.29, 0.717) is 18.2 Å². The molecule has 0 aliphatic heterocycles. The van der Waals surface area contributed by atoms with Crippen molar-refractivity contribution in [2.75, 3.05) is 12.0 Å². The first kappa shape index (κ1) is 21.0. The molecule has 1 atom stereocenters. The van der Waals surface area contributed by atoms with Crippen molar-refractivity contribution in [3.8, 4) is 0 Å². The largest absolute Gasteiger partial charge is 0.416 e. The van der Waals surface area contributed by atoms with Gasteiger partial charge in [-0.1, -0.05) is 6.07 Å². The van der Waals surface area contributed by atoms with Crippen molar-refractivity contribution in [3.63, 3.8) is 0 Å². The Morgan fingerprint density at radius 2 is 2.05 bits per heavy atom. The Bertz CT molecular complexity index is 499. The van der Waals surface area contributed by atoms with Crippen molar-refractivity contribution in [2.45, 2.75) is 25.2 Å². The molecule has 126 valence electrons. The van der Waals surface area contributed by atoms with E-state index in [9.17, 15) is 22.4 Å². The van der Waals surface area contributed by atoms with E-state index >= 15 is 0 Å². The van der Waals surface area contributed by atoms with Crippen LogP contribution in [0.3, 0.4) is 0 Å². The summed E-state index contributed by atoms with van der Waals surface area (Å²) in [6.07, 6.45) is -2.38. The zero-order valence-electron chi connectivity index (χ0n) is 11.7. The van der Waals surface area contributed by atoms with E-state index in [1.807, 2.05) is 6.26 Å². The second kappa shape index (κ2) is 9.22. The third kappa shape index (κ3) is 6.41. The minimum atomic E-state index is -4.68. The molecule has 0 radical (unpaired) electrons. The van der Waals surface area contributed by atoms with Crippen LogP contribution in [-0.4, -0.2) is 24.0 Å². The van der Waals surface area contributed by atoms with Crippen molar-refractivity contribution in [2.24, 2.45) is 5.73 Å². The molecule has 0 spiro atoms. The molecule has 1 aromatic carbocycles. The lowest BCUT2D eigenvalue weighted by molar-refractivity contribution is -0.138. The molecule has 0 aliphatic rings. The monoisotopic (exact) mass is 360 g/mol. The van der Waals surface area contributed by atoms with Crippen LogP contribution in [0.4, 0.5) is 17.6 Å². The van der Waals surface area contributed by atoms with E-state index < -0.39 is 29.5 Å². The number of nitrogens with one attached hydrogen (secondary N) is 1. The first-order valence-electron chi connectivity index (χ1n) is 6.13. The molecule has 0 saturated carbocycles. The molecular formula is C13H17ClF4N2OS. The minimum Gasteiger partial charge on any atom is -0.351 e. The number of alkyl halides is 3. The van der Waals surface area contributed by atoms with Gasteiger partial charge < -0.3 is 11.1 Å². The second-order valence-corrected chi connectivity index (χ2v) is 5.39. The predicted octanol–water partition coefficient (Wildman–Crippen LogP) is 2.96. The van der Waals surface area contributed by atoms with Crippen LogP contribution in [0.2, 0.25) is 0 Å². The number of carbonyl (C=O) groups is 1. The molecule has 1 amide bonds. The molecule has 0 heterocycles. The number of benzene rings is 1. The van der Waals surface area contributed by atoms with Gasteiger partial charge in [-0.3, -0.25) is 4.79 Å². The molecule has 0 bridgehead atoms. The second-order valence-electron chi connectivity index (χ2n) is 4.40. The molecule has 0 aromatic heterocycles. The maximum absolute atomic E-state index is 12.9. The fraction of sp³-hybridized carbons (Fsp3) is 0.462. The fourth-order valence-corrected chi connectivity index (χ4v) is 2.15. The molecule has 0 aliphatic carbocycles. The first-order valence-corrected chi connectivity index (χ1v) is 7.53. The number of hydrogen-bond acceptors (Lipinski definition) is 3. The number of nitrogens with two attached hydrogens (primary N) is 1. The average Bonchev–Trinajstić information content (AvgIpc) is 2.41. The van der Waals surface area contributed by atoms with Crippen molar-refractivity contribution in [1.29, 1.82) is 0 Å². The first-order chi connectivity index (χ1) is 9.75.